The minimum atomic E-state index is -5.37. The number of methoxy groups -OCH3 is 1. The number of phenolic OH excluding ortho intramolecular Hbond substituents is 1. The number of nitrogens with one attached hydrogen (secondary N) is 2. The molecule has 2 heterocycles. The minimum absolute atomic E-state index is 0.0133. The number of carbonyl (C=O) groups is 2. The number of ketones is 1. The summed E-state index contributed by atoms with van der Waals surface area (Å²) in [5, 5.41) is 23.9. The van der Waals surface area contributed by atoms with Crippen LogP contribution in [0.4, 0.5) is 18.0 Å². The van der Waals surface area contributed by atoms with E-state index in [4.69, 9.17) is 4.74 Å². The Balaban J connectivity index is 2.18. The first-order valence-electron chi connectivity index (χ1n) is 8.27. The van der Waals surface area contributed by atoms with Crippen LogP contribution in [0.15, 0.2) is 42.7 Å². The fraction of sp³-hybridized carbons (Fsp3) is 0.278. The van der Waals surface area contributed by atoms with Gasteiger partial charge in [0, 0.05) is 18.0 Å². The number of hydrogen-bond acceptors (Lipinski definition) is 6. The molecule has 8 nitrogen and oxygen atoms in total. The molecule has 1 fully saturated rings. The van der Waals surface area contributed by atoms with Gasteiger partial charge in [0.15, 0.2) is 17.3 Å². The van der Waals surface area contributed by atoms with Crippen molar-refractivity contribution in [1.82, 2.24) is 15.6 Å². The Hall–Kier alpha value is -3.34. The number of rotatable bonds is 4. The maximum Gasteiger partial charge on any atom is 0.437 e. The van der Waals surface area contributed by atoms with Crippen LogP contribution < -0.4 is 15.4 Å². The van der Waals surface area contributed by atoms with Gasteiger partial charge < -0.3 is 25.6 Å². The number of hydrogen-bond donors (Lipinski definition) is 4. The van der Waals surface area contributed by atoms with E-state index in [1.54, 1.807) is 0 Å². The first-order valence-corrected chi connectivity index (χ1v) is 8.27. The number of phenols is 1. The van der Waals surface area contributed by atoms with Gasteiger partial charge in [0.25, 0.3) is 0 Å². The van der Waals surface area contributed by atoms with Crippen molar-refractivity contribution in [3.05, 3.63) is 53.9 Å². The summed E-state index contributed by atoms with van der Waals surface area (Å²) in [6.45, 7) is 0. The molecule has 0 aliphatic carbocycles. The van der Waals surface area contributed by atoms with E-state index in [-0.39, 0.29) is 22.6 Å². The van der Waals surface area contributed by atoms with Gasteiger partial charge in [0.2, 0.25) is 5.72 Å². The molecule has 1 aromatic heterocycles. The van der Waals surface area contributed by atoms with Gasteiger partial charge in [-0.05, 0) is 29.8 Å². The number of alkyl halides is 3. The van der Waals surface area contributed by atoms with Crippen LogP contribution in [0.1, 0.15) is 22.0 Å². The van der Waals surface area contributed by atoms with Crippen LogP contribution in [-0.4, -0.2) is 46.0 Å². The Morgan fingerprint density at radius 3 is 2.62 bits per heavy atom. The lowest BCUT2D eigenvalue weighted by atomic mass is 9.77. The molecular formula is C18H16F3N3O5. The number of aliphatic hydroxyl groups is 1. The van der Waals surface area contributed by atoms with Crippen molar-refractivity contribution in [2.24, 2.45) is 5.92 Å². The van der Waals surface area contributed by atoms with Gasteiger partial charge in [-0.3, -0.25) is 9.78 Å². The number of pyridine rings is 1. The molecule has 0 spiro atoms. The first-order chi connectivity index (χ1) is 13.6. The molecule has 2 aromatic rings. The maximum atomic E-state index is 13.8. The number of amides is 2. The van der Waals surface area contributed by atoms with Crippen molar-refractivity contribution in [2.45, 2.75) is 17.9 Å². The second kappa shape index (κ2) is 7.24. The highest BCUT2D eigenvalue weighted by Crippen LogP contribution is 2.44. The molecule has 3 rings (SSSR count). The van der Waals surface area contributed by atoms with Gasteiger partial charge in [-0.1, -0.05) is 6.07 Å². The van der Waals surface area contributed by atoms with E-state index in [2.05, 4.69) is 10.3 Å². The predicted molar refractivity (Wildman–Crippen MR) is 92.1 cm³/mol. The smallest absolute Gasteiger partial charge is 0.437 e. The number of aromatic nitrogens is 1. The van der Waals surface area contributed by atoms with Gasteiger partial charge in [0.05, 0.1) is 13.2 Å². The third kappa shape index (κ3) is 3.56. The van der Waals surface area contributed by atoms with Crippen LogP contribution >= 0.6 is 0 Å². The number of carbonyl (C=O) groups excluding carboxylic acids is 2. The summed E-state index contributed by atoms with van der Waals surface area (Å²) >= 11 is 0. The molecular weight excluding hydrogens is 395 g/mol. The summed E-state index contributed by atoms with van der Waals surface area (Å²) in [4.78, 5) is 28.7. The Morgan fingerprint density at radius 2 is 2.03 bits per heavy atom. The van der Waals surface area contributed by atoms with Crippen LogP contribution in [0.25, 0.3) is 0 Å². The number of urea groups is 1. The maximum absolute atomic E-state index is 13.8. The molecule has 3 atom stereocenters. The van der Waals surface area contributed by atoms with E-state index in [1.165, 1.54) is 42.9 Å². The van der Waals surface area contributed by atoms with E-state index >= 15 is 0 Å². The van der Waals surface area contributed by atoms with Gasteiger partial charge in [-0.2, -0.15) is 13.2 Å². The van der Waals surface area contributed by atoms with E-state index in [0.717, 1.165) is 12.3 Å². The molecule has 0 bridgehead atoms. The molecule has 2 amide bonds. The SMILES string of the molecule is COc1cc([C@@H]2NC(=O)N[C@](O)(C(F)(F)F)[C@H]2C(=O)c2cccnc2)ccc1O. The predicted octanol–water partition coefficient (Wildman–Crippen LogP) is 1.90. The molecule has 1 saturated heterocycles. The summed E-state index contributed by atoms with van der Waals surface area (Å²) in [6.07, 6.45) is -2.98. The number of Topliss-reactive ketones (excluding diaryl/α,β-unsaturated/α-hetero) is 1. The summed E-state index contributed by atoms with van der Waals surface area (Å²) in [5.41, 5.74) is -4.02. The minimum Gasteiger partial charge on any atom is -0.504 e. The number of benzene rings is 1. The lowest BCUT2D eigenvalue weighted by Gasteiger charge is -2.45. The average Bonchev–Trinajstić information content (AvgIpc) is 2.67. The standard InChI is InChI=1S/C18H16F3N3O5/c1-29-12-7-9(4-5-11(12)25)14-13(15(26)10-3-2-6-22-8-10)17(28,18(19,20)21)24-16(27)23-14/h2-8,13-14,25,28H,1H3,(H2,23,24,27)/t13-,14+,17-/m1/s1. The van der Waals surface area contributed by atoms with Crippen LogP contribution in [0.3, 0.4) is 0 Å². The van der Waals surface area contributed by atoms with Crippen molar-refractivity contribution in [3.63, 3.8) is 0 Å². The highest BCUT2D eigenvalue weighted by molar-refractivity contribution is 6.00. The van der Waals surface area contributed by atoms with Gasteiger partial charge in [-0.25, -0.2) is 4.79 Å². The zero-order valence-electron chi connectivity index (χ0n) is 14.9. The van der Waals surface area contributed by atoms with Crippen molar-refractivity contribution < 1.29 is 37.7 Å². The van der Waals surface area contributed by atoms with Crippen molar-refractivity contribution in [1.29, 1.82) is 0 Å². The third-order valence-electron chi connectivity index (χ3n) is 4.60. The molecule has 1 aromatic carbocycles. The Bertz CT molecular complexity index is 938. The second-order valence-electron chi connectivity index (χ2n) is 6.36. The highest BCUT2D eigenvalue weighted by atomic mass is 19.4. The van der Waals surface area contributed by atoms with Crippen LogP contribution in [0.5, 0.6) is 11.5 Å². The quantitative estimate of drug-likeness (QED) is 0.571. The normalized spacial score (nSPS) is 24.4. The summed E-state index contributed by atoms with van der Waals surface area (Å²) in [5.74, 6) is -3.67. The lowest BCUT2D eigenvalue weighted by Crippen LogP contribution is -2.72. The molecule has 4 N–H and O–H groups in total. The van der Waals surface area contributed by atoms with Crippen molar-refractivity contribution in [3.8, 4) is 11.5 Å². The third-order valence-corrected chi connectivity index (χ3v) is 4.60. The van der Waals surface area contributed by atoms with E-state index in [1.807, 2.05) is 0 Å². The molecule has 0 saturated carbocycles. The van der Waals surface area contributed by atoms with Crippen LogP contribution in [-0.2, 0) is 0 Å². The molecule has 0 radical (unpaired) electrons. The number of aromatic hydroxyl groups is 1. The second-order valence-corrected chi connectivity index (χ2v) is 6.36. The van der Waals surface area contributed by atoms with Crippen LogP contribution in [0.2, 0.25) is 0 Å². The fourth-order valence-electron chi connectivity index (χ4n) is 3.19. The van der Waals surface area contributed by atoms with Crippen LogP contribution in [0, 0.1) is 5.92 Å². The Morgan fingerprint density at radius 1 is 1.31 bits per heavy atom. The lowest BCUT2D eigenvalue weighted by molar-refractivity contribution is -0.287. The topological polar surface area (TPSA) is 121 Å². The monoisotopic (exact) mass is 411 g/mol. The van der Waals surface area contributed by atoms with Gasteiger partial charge in [0.1, 0.15) is 5.92 Å². The number of halogens is 3. The summed E-state index contributed by atoms with van der Waals surface area (Å²) in [6, 6.07) is 3.22. The number of ether oxygens (including phenoxy) is 1. The van der Waals surface area contributed by atoms with E-state index in [0.29, 0.717) is 0 Å². The number of nitrogens with zero attached hydrogens (tertiary/aromatic N) is 1. The molecule has 29 heavy (non-hydrogen) atoms. The Kier molecular flexibility index (Phi) is 5.09. The van der Waals surface area contributed by atoms with Gasteiger partial charge >= 0.3 is 12.2 Å². The molecule has 11 heteroatoms. The van der Waals surface area contributed by atoms with E-state index in [9.17, 15) is 33.0 Å². The van der Waals surface area contributed by atoms with E-state index < -0.39 is 35.7 Å². The molecule has 1 aliphatic heterocycles. The van der Waals surface area contributed by atoms with Crippen molar-refractivity contribution in [2.75, 3.05) is 7.11 Å². The summed E-state index contributed by atoms with van der Waals surface area (Å²) < 4.78 is 46.3. The van der Waals surface area contributed by atoms with Gasteiger partial charge in [-0.15, -0.1) is 0 Å². The highest BCUT2D eigenvalue weighted by Gasteiger charge is 2.66. The Labute approximate surface area is 162 Å². The fourth-order valence-corrected chi connectivity index (χ4v) is 3.19. The zero-order chi connectivity index (χ0) is 21.4. The molecule has 1 aliphatic rings. The van der Waals surface area contributed by atoms with Crippen molar-refractivity contribution >= 4 is 11.8 Å². The first kappa shape index (κ1) is 20.4. The summed E-state index contributed by atoms with van der Waals surface area (Å²) in [7, 11) is 1.23. The largest absolute Gasteiger partial charge is 0.504 e. The zero-order valence-corrected chi connectivity index (χ0v) is 14.9. The average molecular weight is 411 g/mol. The molecule has 0 unspecified atom stereocenters. The molecule has 154 valence electrons.